The van der Waals surface area contributed by atoms with Crippen LogP contribution in [0.3, 0.4) is 0 Å². The Balaban J connectivity index is 1.91. The summed E-state index contributed by atoms with van der Waals surface area (Å²) >= 11 is 6.37. The number of halogens is 1. The Morgan fingerprint density at radius 3 is 1.16 bits per heavy atom. The Bertz CT molecular complexity index is 601. The summed E-state index contributed by atoms with van der Waals surface area (Å²) in [6.45, 7) is 16.3. The van der Waals surface area contributed by atoms with Crippen molar-refractivity contribution in [3.8, 4) is 0 Å². The van der Waals surface area contributed by atoms with E-state index in [1.165, 1.54) is 0 Å². The number of rotatable bonds is 2. The first-order chi connectivity index (χ1) is 11.2. The van der Waals surface area contributed by atoms with Crippen LogP contribution in [0.5, 0.6) is 0 Å². The Hall–Kier alpha value is -0.520. The molecule has 2 aliphatic heterocycles. The lowest BCUT2D eigenvalue weighted by atomic mass is 9.72. The average molecular weight is 364 g/mol. The highest BCUT2D eigenvalue weighted by atomic mass is 35.5. The predicted molar refractivity (Wildman–Crippen MR) is 103 cm³/mol. The molecule has 7 heteroatoms. The molecular formula is C18H27B2ClO4. The minimum absolute atomic E-state index is 0.398. The van der Waals surface area contributed by atoms with Crippen molar-refractivity contribution in [2.24, 2.45) is 0 Å². The van der Waals surface area contributed by atoms with Crippen LogP contribution in [0.1, 0.15) is 55.4 Å². The molecular weight excluding hydrogens is 337 g/mol. The maximum absolute atomic E-state index is 6.37. The minimum atomic E-state index is -0.468. The van der Waals surface area contributed by atoms with E-state index in [2.05, 4.69) is 0 Å². The normalized spacial score (nSPS) is 26.3. The second-order valence-corrected chi connectivity index (χ2v) is 9.43. The van der Waals surface area contributed by atoms with E-state index in [0.717, 1.165) is 10.9 Å². The van der Waals surface area contributed by atoms with Gasteiger partial charge in [0.25, 0.3) is 0 Å². The number of hydrogen-bond donors (Lipinski definition) is 0. The van der Waals surface area contributed by atoms with Gasteiger partial charge in [0, 0.05) is 5.02 Å². The molecule has 0 aromatic heterocycles. The van der Waals surface area contributed by atoms with E-state index < -0.39 is 36.6 Å². The smallest absolute Gasteiger partial charge is 0.399 e. The minimum Gasteiger partial charge on any atom is -0.399 e. The molecule has 0 saturated carbocycles. The zero-order valence-corrected chi connectivity index (χ0v) is 17.2. The molecule has 0 bridgehead atoms. The fourth-order valence-corrected chi connectivity index (χ4v) is 3.12. The molecule has 0 aliphatic carbocycles. The van der Waals surface area contributed by atoms with Crippen molar-refractivity contribution < 1.29 is 18.6 Å². The summed E-state index contributed by atoms with van der Waals surface area (Å²) in [6.07, 6.45) is 0. The maximum Gasteiger partial charge on any atom is 0.494 e. The summed E-state index contributed by atoms with van der Waals surface area (Å²) < 4.78 is 24.6. The Kier molecular flexibility index (Phi) is 4.42. The summed E-state index contributed by atoms with van der Waals surface area (Å²) in [5, 5.41) is 0.608. The first kappa shape index (κ1) is 19.2. The third-order valence-electron chi connectivity index (χ3n) is 5.99. The largest absolute Gasteiger partial charge is 0.494 e. The molecule has 4 nitrogen and oxygen atoms in total. The van der Waals surface area contributed by atoms with Gasteiger partial charge in [-0.1, -0.05) is 17.7 Å². The lowest BCUT2D eigenvalue weighted by molar-refractivity contribution is 0.00578. The van der Waals surface area contributed by atoms with E-state index in [1.54, 1.807) is 0 Å². The van der Waals surface area contributed by atoms with Crippen molar-refractivity contribution in [1.29, 1.82) is 0 Å². The van der Waals surface area contributed by atoms with Gasteiger partial charge in [-0.15, -0.1) is 0 Å². The van der Waals surface area contributed by atoms with Crippen LogP contribution in [-0.4, -0.2) is 36.6 Å². The first-order valence-corrected chi connectivity index (χ1v) is 9.14. The van der Waals surface area contributed by atoms with Crippen LogP contribution < -0.4 is 10.9 Å². The van der Waals surface area contributed by atoms with Gasteiger partial charge in [-0.05, 0) is 78.4 Å². The molecule has 0 N–H and O–H groups in total. The molecule has 0 amide bonds. The molecule has 25 heavy (non-hydrogen) atoms. The van der Waals surface area contributed by atoms with Crippen LogP contribution in [0, 0.1) is 0 Å². The molecule has 0 atom stereocenters. The van der Waals surface area contributed by atoms with Crippen LogP contribution in [0.2, 0.25) is 5.02 Å². The summed E-state index contributed by atoms with van der Waals surface area (Å²) in [4.78, 5) is 0. The highest BCUT2D eigenvalue weighted by Gasteiger charge is 2.54. The van der Waals surface area contributed by atoms with E-state index in [1.807, 2.05) is 73.6 Å². The Morgan fingerprint density at radius 1 is 0.600 bits per heavy atom. The van der Waals surface area contributed by atoms with Crippen LogP contribution in [-0.2, 0) is 18.6 Å². The molecule has 0 radical (unpaired) electrons. The Labute approximate surface area is 156 Å². The molecule has 3 rings (SSSR count). The zero-order chi connectivity index (χ0) is 18.8. The van der Waals surface area contributed by atoms with Crippen molar-refractivity contribution in [1.82, 2.24) is 0 Å². The zero-order valence-electron chi connectivity index (χ0n) is 16.4. The summed E-state index contributed by atoms with van der Waals surface area (Å²) in [7, 11) is -0.935. The topological polar surface area (TPSA) is 36.9 Å². The molecule has 2 aliphatic rings. The summed E-state index contributed by atoms with van der Waals surface area (Å²) in [5.74, 6) is 0. The van der Waals surface area contributed by atoms with Crippen molar-refractivity contribution in [3.63, 3.8) is 0 Å². The molecule has 0 unspecified atom stereocenters. The van der Waals surface area contributed by atoms with E-state index >= 15 is 0 Å². The first-order valence-electron chi connectivity index (χ1n) is 8.76. The van der Waals surface area contributed by atoms with Crippen molar-refractivity contribution >= 4 is 36.8 Å². The van der Waals surface area contributed by atoms with Gasteiger partial charge in [0.1, 0.15) is 0 Å². The third-order valence-corrected chi connectivity index (χ3v) is 6.21. The van der Waals surface area contributed by atoms with Crippen molar-refractivity contribution in [2.45, 2.75) is 77.8 Å². The number of hydrogen-bond acceptors (Lipinski definition) is 4. The van der Waals surface area contributed by atoms with Crippen LogP contribution in [0.4, 0.5) is 0 Å². The van der Waals surface area contributed by atoms with E-state index in [0.29, 0.717) is 5.02 Å². The second kappa shape index (κ2) is 5.74. The van der Waals surface area contributed by atoms with Gasteiger partial charge in [0.2, 0.25) is 0 Å². The fourth-order valence-electron chi connectivity index (χ4n) is 2.87. The second-order valence-electron chi connectivity index (χ2n) is 8.99. The van der Waals surface area contributed by atoms with Gasteiger partial charge in [-0.3, -0.25) is 0 Å². The van der Waals surface area contributed by atoms with E-state index in [-0.39, 0.29) is 0 Å². The van der Waals surface area contributed by atoms with E-state index in [9.17, 15) is 0 Å². The monoisotopic (exact) mass is 364 g/mol. The summed E-state index contributed by atoms with van der Waals surface area (Å²) in [6, 6.07) is 5.74. The lowest BCUT2D eigenvalue weighted by Crippen LogP contribution is -2.41. The van der Waals surface area contributed by atoms with Crippen LogP contribution in [0.25, 0.3) is 0 Å². The van der Waals surface area contributed by atoms with Gasteiger partial charge in [-0.2, -0.15) is 0 Å². The third kappa shape index (κ3) is 3.28. The quantitative estimate of drug-likeness (QED) is 0.756. The molecule has 0 spiro atoms. The van der Waals surface area contributed by atoms with Gasteiger partial charge in [0.15, 0.2) is 0 Å². The highest BCUT2D eigenvalue weighted by Crippen LogP contribution is 2.38. The Morgan fingerprint density at radius 2 is 0.880 bits per heavy atom. The summed E-state index contributed by atoms with van der Waals surface area (Å²) in [5.41, 5.74) is 0.149. The van der Waals surface area contributed by atoms with Gasteiger partial charge in [-0.25, -0.2) is 0 Å². The highest BCUT2D eigenvalue weighted by molar-refractivity contribution is 6.66. The lowest BCUT2D eigenvalue weighted by Gasteiger charge is -2.32. The molecule has 2 heterocycles. The molecule has 2 fully saturated rings. The average Bonchev–Trinajstić information content (AvgIpc) is 2.78. The van der Waals surface area contributed by atoms with Gasteiger partial charge < -0.3 is 18.6 Å². The maximum atomic E-state index is 6.37. The van der Waals surface area contributed by atoms with Gasteiger partial charge >= 0.3 is 14.2 Å². The van der Waals surface area contributed by atoms with E-state index in [4.69, 9.17) is 30.2 Å². The van der Waals surface area contributed by atoms with Gasteiger partial charge in [0.05, 0.1) is 22.4 Å². The van der Waals surface area contributed by atoms with Crippen LogP contribution >= 0.6 is 11.6 Å². The fraction of sp³-hybridized carbons (Fsp3) is 0.667. The van der Waals surface area contributed by atoms with Crippen molar-refractivity contribution in [2.75, 3.05) is 0 Å². The molecule has 1 aromatic rings. The standard InChI is InChI=1S/C18H27B2ClO4/c1-15(2)16(3,4)23-19(22-15)12-9-13(11-14(21)10-12)20-24-17(5,6)18(7,8)25-20/h9-11H,1-8H3. The predicted octanol–water partition coefficient (Wildman–Crippen LogP) is 2.94. The number of benzene rings is 1. The van der Waals surface area contributed by atoms with Crippen molar-refractivity contribution in [3.05, 3.63) is 23.2 Å². The molecule has 136 valence electrons. The molecule has 1 aromatic carbocycles. The SMILES string of the molecule is CC1(C)OB(c2cc(Cl)cc(B3OC(C)(C)C(C)(C)O3)c2)OC1(C)C. The van der Waals surface area contributed by atoms with Crippen LogP contribution in [0.15, 0.2) is 18.2 Å². The molecule has 2 saturated heterocycles.